The van der Waals surface area contributed by atoms with Gasteiger partial charge in [-0.3, -0.25) is 18.7 Å². The zero-order chi connectivity index (χ0) is 26.6. The number of aliphatic hydroxyl groups excluding tert-OH is 1. The van der Waals surface area contributed by atoms with Crippen LogP contribution in [-0.4, -0.2) is 74.1 Å². The number of aliphatic hydroxyl groups is 2. The molecule has 1 saturated heterocycles. The highest BCUT2D eigenvalue weighted by molar-refractivity contribution is 5.78. The number of hydrogen-bond acceptors (Lipinski definition) is 7. The number of aromatic nitrogens is 6. The molecule has 12 nitrogen and oxygen atoms in total. The maximum atomic E-state index is 13.4. The molecular weight excluding hydrogens is 478 g/mol. The van der Waals surface area contributed by atoms with Crippen LogP contribution < -0.4 is 11.2 Å². The van der Waals surface area contributed by atoms with Crippen molar-refractivity contribution in [3.8, 4) is 0 Å². The highest BCUT2D eigenvalue weighted by atomic mass is 16.3. The van der Waals surface area contributed by atoms with Crippen LogP contribution in [0.1, 0.15) is 31.6 Å². The molecule has 1 aromatic carbocycles. The molecule has 0 saturated carbocycles. The predicted molar refractivity (Wildman–Crippen MR) is 136 cm³/mol. The van der Waals surface area contributed by atoms with Crippen molar-refractivity contribution < 1.29 is 15.0 Å². The minimum atomic E-state index is -1.46. The van der Waals surface area contributed by atoms with E-state index in [-0.39, 0.29) is 43.0 Å². The van der Waals surface area contributed by atoms with E-state index in [2.05, 4.69) is 9.97 Å². The van der Waals surface area contributed by atoms with E-state index < -0.39 is 29.0 Å². The Morgan fingerprint density at radius 3 is 2.65 bits per heavy atom. The number of imidazole rings is 2. The normalized spacial score (nSPS) is 22.6. The maximum absolute atomic E-state index is 13.4. The molecule has 3 atom stereocenters. The molecule has 0 unspecified atom stereocenters. The number of benzene rings is 1. The summed E-state index contributed by atoms with van der Waals surface area (Å²) in [6.07, 6.45) is 0.621. The number of likely N-dealkylation sites (tertiary alicyclic amines) is 1. The summed E-state index contributed by atoms with van der Waals surface area (Å²) in [6, 6.07) is 6.95. The van der Waals surface area contributed by atoms with Gasteiger partial charge in [0.25, 0.3) is 5.56 Å². The first-order valence-corrected chi connectivity index (χ1v) is 12.2. The van der Waals surface area contributed by atoms with E-state index in [1.807, 2.05) is 35.8 Å². The first-order chi connectivity index (χ1) is 17.5. The van der Waals surface area contributed by atoms with E-state index >= 15 is 0 Å². The van der Waals surface area contributed by atoms with Gasteiger partial charge in [-0.15, -0.1) is 0 Å². The molecule has 5 rings (SSSR count). The Morgan fingerprint density at radius 2 is 1.89 bits per heavy atom. The largest absolute Gasteiger partial charge is 0.391 e. The number of para-hydroxylation sites is 2. The van der Waals surface area contributed by atoms with E-state index in [0.29, 0.717) is 6.54 Å². The second kappa shape index (κ2) is 8.96. The van der Waals surface area contributed by atoms with E-state index in [1.165, 1.54) is 34.5 Å². The van der Waals surface area contributed by atoms with Gasteiger partial charge in [0, 0.05) is 46.6 Å². The van der Waals surface area contributed by atoms with Gasteiger partial charge in [-0.25, -0.2) is 14.8 Å². The van der Waals surface area contributed by atoms with Crippen LogP contribution in [0.3, 0.4) is 0 Å². The first-order valence-electron chi connectivity index (χ1n) is 12.2. The third kappa shape index (κ3) is 4.15. The summed E-state index contributed by atoms with van der Waals surface area (Å²) in [6.45, 7) is 4.00. The van der Waals surface area contributed by atoms with E-state index in [4.69, 9.17) is 0 Å². The summed E-state index contributed by atoms with van der Waals surface area (Å²) in [4.78, 5) is 49.2. The topological polar surface area (TPSA) is 140 Å². The van der Waals surface area contributed by atoms with Crippen LogP contribution in [0.4, 0.5) is 0 Å². The SMILES string of the molecule is Cc1nc2ccccc2n1CCC(=O)N1C[C@H](O)C[C@](C)(O)[C@@H](n2cnc3c2c(=O)n(C)c(=O)n3C)C1. The van der Waals surface area contributed by atoms with E-state index in [9.17, 15) is 24.6 Å². The van der Waals surface area contributed by atoms with Crippen LogP contribution in [-0.2, 0) is 25.4 Å². The molecule has 0 radical (unpaired) electrons. The molecule has 1 fully saturated rings. The van der Waals surface area contributed by atoms with Crippen LogP contribution in [0, 0.1) is 6.92 Å². The summed E-state index contributed by atoms with van der Waals surface area (Å²) in [5.74, 6) is 0.612. The molecule has 0 spiro atoms. The van der Waals surface area contributed by atoms with Crippen molar-refractivity contribution in [2.45, 2.75) is 51.0 Å². The maximum Gasteiger partial charge on any atom is 0.332 e. The lowest BCUT2D eigenvalue weighted by Crippen LogP contribution is -2.44. The van der Waals surface area contributed by atoms with Crippen molar-refractivity contribution in [1.29, 1.82) is 0 Å². The minimum Gasteiger partial charge on any atom is -0.391 e. The van der Waals surface area contributed by atoms with Crippen LogP contribution in [0.15, 0.2) is 40.2 Å². The number of fused-ring (bicyclic) bond motifs is 2. The van der Waals surface area contributed by atoms with Crippen molar-refractivity contribution in [3.63, 3.8) is 0 Å². The second-order valence-electron chi connectivity index (χ2n) is 10.1. The number of hydrogen-bond donors (Lipinski definition) is 2. The van der Waals surface area contributed by atoms with Crippen LogP contribution in [0.5, 0.6) is 0 Å². The van der Waals surface area contributed by atoms with Gasteiger partial charge in [0.15, 0.2) is 11.2 Å². The van der Waals surface area contributed by atoms with Gasteiger partial charge >= 0.3 is 5.69 Å². The van der Waals surface area contributed by atoms with Gasteiger partial charge in [-0.05, 0) is 26.0 Å². The van der Waals surface area contributed by atoms with Crippen LogP contribution >= 0.6 is 0 Å². The zero-order valence-corrected chi connectivity index (χ0v) is 21.3. The lowest BCUT2D eigenvalue weighted by Gasteiger charge is -2.34. The average molecular weight is 510 g/mol. The summed E-state index contributed by atoms with van der Waals surface area (Å²) >= 11 is 0. The number of carbonyl (C=O) groups is 1. The van der Waals surface area contributed by atoms with Gasteiger partial charge in [0.2, 0.25) is 5.91 Å². The standard InChI is InChI=1S/C25H31N7O5/c1-15-27-17-7-5-6-8-18(17)31(15)10-9-20(34)30-12-16(33)11-25(2,37)19(13-30)32-14-26-22-21(32)23(35)29(4)24(36)28(22)3/h5-8,14,16,19,33,37H,9-13H2,1-4H3/t16-,19+,25+/m1/s1. The molecule has 196 valence electrons. The number of aryl methyl sites for hydroxylation is 3. The Kier molecular flexibility index (Phi) is 6.03. The fraction of sp³-hybridized carbons (Fsp3) is 0.480. The van der Waals surface area contributed by atoms with E-state index in [0.717, 1.165) is 21.4 Å². The summed E-state index contributed by atoms with van der Waals surface area (Å²) in [5.41, 5.74) is -0.374. The lowest BCUT2D eigenvalue weighted by atomic mass is 9.91. The lowest BCUT2D eigenvalue weighted by molar-refractivity contribution is -0.133. The summed E-state index contributed by atoms with van der Waals surface area (Å²) < 4.78 is 5.78. The molecule has 1 aliphatic heterocycles. The number of nitrogens with zero attached hydrogens (tertiary/aromatic N) is 7. The van der Waals surface area contributed by atoms with Crippen molar-refractivity contribution in [2.75, 3.05) is 13.1 Å². The Morgan fingerprint density at radius 1 is 1.16 bits per heavy atom. The van der Waals surface area contributed by atoms with Gasteiger partial charge in [0.05, 0.1) is 35.1 Å². The van der Waals surface area contributed by atoms with Crippen LogP contribution in [0.2, 0.25) is 0 Å². The molecule has 4 heterocycles. The smallest absolute Gasteiger partial charge is 0.332 e. The van der Waals surface area contributed by atoms with Gasteiger partial charge in [-0.2, -0.15) is 0 Å². The quantitative estimate of drug-likeness (QED) is 0.397. The molecule has 0 aliphatic carbocycles. The monoisotopic (exact) mass is 509 g/mol. The Balaban J connectivity index is 1.48. The number of rotatable bonds is 4. The van der Waals surface area contributed by atoms with Gasteiger partial charge in [-0.1, -0.05) is 12.1 Å². The second-order valence-corrected chi connectivity index (χ2v) is 10.1. The third-order valence-corrected chi connectivity index (χ3v) is 7.45. The van der Waals surface area contributed by atoms with Crippen molar-refractivity contribution in [1.82, 2.24) is 33.1 Å². The molecular formula is C25H31N7O5. The molecule has 3 aromatic heterocycles. The molecule has 37 heavy (non-hydrogen) atoms. The predicted octanol–water partition coefficient (Wildman–Crippen LogP) is 0.0674. The number of amides is 1. The van der Waals surface area contributed by atoms with Crippen molar-refractivity contribution in [3.05, 3.63) is 57.3 Å². The highest BCUT2D eigenvalue weighted by Gasteiger charge is 2.42. The van der Waals surface area contributed by atoms with Crippen LogP contribution in [0.25, 0.3) is 22.2 Å². The Bertz CT molecular complexity index is 1630. The van der Waals surface area contributed by atoms with Crippen molar-refractivity contribution in [2.24, 2.45) is 14.1 Å². The highest BCUT2D eigenvalue weighted by Crippen LogP contribution is 2.33. The van der Waals surface area contributed by atoms with Gasteiger partial charge in [0.1, 0.15) is 5.82 Å². The molecule has 4 aromatic rings. The van der Waals surface area contributed by atoms with Gasteiger partial charge < -0.3 is 24.2 Å². The zero-order valence-electron chi connectivity index (χ0n) is 21.3. The fourth-order valence-electron chi connectivity index (χ4n) is 5.45. The molecule has 1 aliphatic rings. The van der Waals surface area contributed by atoms with Crippen molar-refractivity contribution >= 4 is 28.1 Å². The molecule has 12 heteroatoms. The Hall–Kier alpha value is -3.77. The average Bonchev–Trinajstić information content (AvgIpc) is 3.39. The first kappa shape index (κ1) is 24.9. The fourth-order valence-corrected chi connectivity index (χ4v) is 5.45. The summed E-state index contributed by atoms with van der Waals surface area (Å²) in [7, 11) is 2.90. The molecule has 2 N–H and O–H groups in total. The third-order valence-electron chi connectivity index (χ3n) is 7.45. The molecule has 0 bridgehead atoms. The number of carbonyl (C=O) groups excluding carboxylic acids is 1. The number of β-amino-alcohol motifs (C(OH)–C–C–N with tert-alkyl or cyclic N) is 1. The summed E-state index contributed by atoms with van der Waals surface area (Å²) in [5, 5.41) is 22.1. The minimum absolute atomic E-state index is 0.00152. The Labute approximate surface area is 212 Å². The molecule has 1 amide bonds. The van der Waals surface area contributed by atoms with E-state index in [1.54, 1.807) is 6.92 Å².